The molecule has 2 unspecified atom stereocenters. The summed E-state index contributed by atoms with van der Waals surface area (Å²) in [7, 11) is 0. The highest BCUT2D eigenvalue weighted by atomic mass is 16.5. The van der Waals surface area contributed by atoms with Crippen molar-refractivity contribution in [1.29, 1.82) is 0 Å². The highest BCUT2D eigenvalue weighted by Gasteiger charge is 2.56. The third-order valence-electron chi connectivity index (χ3n) is 4.19. The average molecular weight is 251 g/mol. The summed E-state index contributed by atoms with van der Waals surface area (Å²) in [6.07, 6.45) is 7.18. The smallest absolute Gasteiger partial charge is 0.330 e. The molecule has 0 amide bonds. The predicted octanol–water partition coefficient (Wildman–Crippen LogP) is 1.05. The summed E-state index contributed by atoms with van der Waals surface area (Å²) >= 11 is 0. The molecule has 2 atom stereocenters. The van der Waals surface area contributed by atoms with Crippen LogP contribution in [0.15, 0.2) is 12.2 Å². The van der Waals surface area contributed by atoms with Gasteiger partial charge in [0, 0.05) is 18.0 Å². The molecule has 0 aromatic heterocycles. The molecule has 2 rings (SSSR count). The highest BCUT2D eigenvalue weighted by Crippen LogP contribution is 2.58. The van der Waals surface area contributed by atoms with Gasteiger partial charge < -0.3 is 14.6 Å². The van der Waals surface area contributed by atoms with Crippen LogP contribution in [0.1, 0.15) is 39.5 Å². The lowest BCUT2D eigenvalue weighted by molar-refractivity contribution is -0.309. The van der Waals surface area contributed by atoms with Crippen molar-refractivity contribution in [2.24, 2.45) is 17.3 Å². The quantitative estimate of drug-likeness (QED) is 0.553. The first-order valence-corrected chi connectivity index (χ1v) is 6.52. The van der Waals surface area contributed by atoms with Gasteiger partial charge in [0.15, 0.2) is 0 Å². The second-order valence-corrected chi connectivity index (χ2v) is 5.85. The standard InChI is InChI=1S/C14H20O4/c1-14(2)10(12(14)13(16)17)7-8-11(15)18-9-5-3-4-6-9/h7-10,12H,3-6H2,1-2H3,(H,16,17)/p-1. The van der Waals surface area contributed by atoms with Gasteiger partial charge in [0.05, 0.1) is 0 Å². The van der Waals surface area contributed by atoms with Gasteiger partial charge in [0.1, 0.15) is 6.10 Å². The number of aliphatic carboxylic acids is 1. The van der Waals surface area contributed by atoms with Crippen molar-refractivity contribution in [3.8, 4) is 0 Å². The van der Waals surface area contributed by atoms with E-state index in [0.29, 0.717) is 0 Å². The first-order valence-electron chi connectivity index (χ1n) is 6.52. The maximum atomic E-state index is 11.5. The molecule has 0 aromatic rings. The van der Waals surface area contributed by atoms with E-state index >= 15 is 0 Å². The van der Waals surface area contributed by atoms with Crippen molar-refractivity contribution in [1.82, 2.24) is 0 Å². The van der Waals surface area contributed by atoms with Crippen LogP contribution in [0.3, 0.4) is 0 Å². The first kappa shape index (κ1) is 13.1. The zero-order valence-corrected chi connectivity index (χ0v) is 10.8. The molecule has 2 aliphatic rings. The van der Waals surface area contributed by atoms with Crippen molar-refractivity contribution in [2.45, 2.75) is 45.6 Å². The molecular weight excluding hydrogens is 232 g/mol. The minimum Gasteiger partial charge on any atom is -0.550 e. The second-order valence-electron chi connectivity index (χ2n) is 5.85. The molecular formula is C14H19O4-. The zero-order valence-electron chi connectivity index (χ0n) is 10.8. The van der Waals surface area contributed by atoms with E-state index in [2.05, 4.69) is 0 Å². The Morgan fingerprint density at radius 3 is 2.39 bits per heavy atom. The maximum Gasteiger partial charge on any atom is 0.330 e. The van der Waals surface area contributed by atoms with E-state index in [-0.39, 0.29) is 23.4 Å². The largest absolute Gasteiger partial charge is 0.550 e. The van der Waals surface area contributed by atoms with Crippen LogP contribution in [-0.2, 0) is 14.3 Å². The molecule has 0 saturated heterocycles. The highest BCUT2D eigenvalue weighted by molar-refractivity contribution is 5.83. The number of ether oxygens (including phenoxy) is 1. The van der Waals surface area contributed by atoms with E-state index in [9.17, 15) is 14.7 Å². The fourth-order valence-corrected chi connectivity index (χ4v) is 2.88. The number of carboxylic acid groups (broad SMARTS) is 1. The van der Waals surface area contributed by atoms with Crippen molar-refractivity contribution in [2.75, 3.05) is 0 Å². The van der Waals surface area contributed by atoms with E-state index < -0.39 is 11.9 Å². The van der Waals surface area contributed by atoms with Gasteiger partial charge >= 0.3 is 5.97 Å². The second kappa shape index (κ2) is 4.75. The summed E-state index contributed by atoms with van der Waals surface area (Å²) in [6, 6.07) is 0. The molecule has 0 spiro atoms. The number of hydrogen-bond acceptors (Lipinski definition) is 4. The van der Waals surface area contributed by atoms with Crippen LogP contribution in [0.4, 0.5) is 0 Å². The van der Waals surface area contributed by atoms with Crippen LogP contribution in [-0.4, -0.2) is 18.0 Å². The molecule has 0 radical (unpaired) electrons. The van der Waals surface area contributed by atoms with Gasteiger partial charge in [-0.05, 0) is 37.0 Å². The van der Waals surface area contributed by atoms with Gasteiger partial charge in [-0.25, -0.2) is 4.79 Å². The van der Waals surface area contributed by atoms with Crippen molar-refractivity contribution in [3.05, 3.63) is 12.2 Å². The van der Waals surface area contributed by atoms with E-state index in [1.54, 1.807) is 6.08 Å². The fraction of sp³-hybridized carbons (Fsp3) is 0.714. The molecule has 0 bridgehead atoms. The Hall–Kier alpha value is -1.32. The maximum absolute atomic E-state index is 11.5. The van der Waals surface area contributed by atoms with Gasteiger partial charge in [0.2, 0.25) is 0 Å². The lowest BCUT2D eigenvalue weighted by Gasteiger charge is -2.08. The van der Waals surface area contributed by atoms with Gasteiger partial charge in [-0.15, -0.1) is 0 Å². The summed E-state index contributed by atoms with van der Waals surface area (Å²) in [6.45, 7) is 3.73. The van der Waals surface area contributed by atoms with Crippen molar-refractivity contribution < 1.29 is 19.4 Å². The predicted molar refractivity (Wildman–Crippen MR) is 63.3 cm³/mol. The number of hydrogen-bond donors (Lipinski definition) is 0. The summed E-state index contributed by atoms with van der Waals surface area (Å²) in [5, 5.41) is 10.8. The SMILES string of the molecule is CC1(C)C(C=CC(=O)OC2CCCC2)C1C(=O)[O-]. The molecule has 0 aromatic carbocycles. The Labute approximate surface area is 107 Å². The minimum absolute atomic E-state index is 0.0475. The molecule has 2 saturated carbocycles. The first-order chi connectivity index (χ1) is 8.43. The van der Waals surface area contributed by atoms with Gasteiger partial charge in [-0.1, -0.05) is 19.9 Å². The molecule has 4 nitrogen and oxygen atoms in total. The minimum atomic E-state index is -1.04. The Morgan fingerprint density at radius 1 is 1.28 bits per heavy atom. The molecule has 0 aliphatic heterocycles. The summed E-state index contributed by atoms with van der Waals surface area (Å²) in [5.74, 6) is -2.02. The average Bonchev–Trinajstić information content (AvgIpc) is 2.63. The van der Waals surface area contributed by atoms with Crippen LogP contribution >= 0.6 is 0 Å². The molecule has 2 fully saturated rings. The monoisotopic (exact) mass is 251 g/mol. The Kier molecular flexibility index (Phi) is 3.46. The van der Waals surface area contributed by atoms with Gasteiger partial charge in [-0.2, -0.15) is 0 Å². The van der Waals surface area contributed by atoms with Crippen LogP contribution in [0.5, 0.6) is 0 Å². The number of carbonyl (C=O) groups excluding carboxylic acids is 2. The van der Waals surface area contributed by atoms with Crippen LogP contribution in [0.2, 0.25) is 0 Å². The summed E-state index contributed by atoms with van der Waals surface area (Å²) in [4.78, 5) is 22.4. The Morgan fingerprint density at radius 2 is 1.89 bits per heavy atom. The third kappa shape index (κ3) is 2.57. The Balaban J connectivity index is 1.84. The van der Waals surface area contributed by atoms with Crippen LogP contribution in [0.25, 0.3) is 0 Å². The lowest BCUT2D eigenvalue weighted by Crippen LogP contribution is -2.26. The topological polar surface area (TPSA) is 66.4 Å². The number of carbonyl (C=O) groups is 2. The molecule has 18 heavy (non-hydrogen) atoms. The van der Waals surface area contributed by atoms with Crippen LogP contribution < -0.4 is 5.11 Å². The summed E-state index contributed by atoms with van der Waals surface area (Å²) in [5.41, 5.74) is -0.316. The van der Waals surface area contributed by atoms with Crippen molar-refractivity contribution in [3.63, 3.8) is 0 Å². The zero-order chi connectivity index (χ0) is 13.3. The number of allylic oxidation sites excluding steroid dienone is 1. The molecule has 4 heteroatoms. The van der Waals surface area contributed by atoms with Crippen LogP contribution in [0, 0.1) is 17.3 Å². The number of rotatable bonds is 4. The molecule has 100 valence electrons. The van der Waals surface area contributed by atoms with E-state index in [1.807, 2.05) is 13.8 Å². The number of carboxylic acids is 1. The van der Waals surface area contributed by atoms with Crippen molar-refractivity contribution >= 4 is 11.9 Å². The van der Waals surface area contributed by atoms with Gasteiger partial charge in [-0.3, -0.25) is 0 Å². The normalized spacial score (nSPS) is 30.6. The van der Waals surface area contributed by atoms with Gasteiger partial charge in [0.25, 0.3) is 0 Å². The number of esters is 1. The summed E-state index contributed by atoms with van der Waals surface area (Å²) < 4.78 is 5.26. The Bertz CT molecular complexity index is 377. The third-order valence-corrected chi connectivity index (χ3v) is 4.19. The van der Waals surface area contributed by atoms with E-state index in [0.717, 1.165) is 25.7 Å². The lowest BCUT2D eigenvalue weighted by atomic mass is 10.1. The molecule has 2 aliphatic carbocycles. The molecule has 0 heterocycles. The fourth-order valence-electron chi connectivity index (χ4n) is 2.88. The van der Waals surface area contributed by atoms with E-state index in [4.69, 9.17) is 4.74 Å². The van der Waals surface area contributed by atoms with E-state index in [1.165, 1.54) is 6.08 Å². The molecule has 0 N–H and O–H groups in total.